The molecule has 0 spiro atoms. The highest BCUT2D eigenvalue weighted by atomic mass is 16.3. The number of phenols is 1. The van der Waals surface area contributed by atoms with Gasteiger partial charge in [-0.25, -0.2) is 0 Å². The fraction of sp³-hybridized carbons (Fsp3) is 0. The molecule has 0 fully saturated rings. The molecule has 19 heavy (non-hydrogen) atoms. The van der Waals surface area contributed by atoms with E-state index >= 15 is 0 Å². The molecule has 2 rings (SSSR count). The van der Waals surface area contributed by atoms with E-state index in [9.17, 15) is 10.4 Å². The van der Waals surface area contributed by atoms with E-state index in [4.69, 9.17) is 5.26 Å². The van der Waals surface area contributed by atoms with Gasteiger partial charge in [0.25, 0.3) is 0 Å². The Labute approximate surface area is 111 Å². The van der Waals surface area contributed by atoms with Crippen LogP contribution < -0.4 is 0 Å². The minimum absolute atomic E-state index is 0.189. The van der Waals surface area contributed by atoms with Crippen LogP contribution >= 0.6 is 0 Å². The van der Waals surface area contributed by atoms with Crippen LogP contribution in [0.2, 0.25) is 0 Å². The van der Waals surface area contributed by atoms with Gasteiger partial charge in [0.2, 0.25) is 0 Å². The molecule has 90 valence electrons. The van der Waals surface area contributed by atoms with Gasteiger partial charge >= 0.3 is 0 Å². The number of hydrogen-bond donors (Lipinski definition) is 1. The number of aromatic hydroxyl groups is 1. The van der Waals surface area contributed by atoms with Crippen molar-refractivity contribution in [2.75, 3.05) is 0 Å². The van der Waals surface area contributed by atoms with Gasteiger partial charge in [0.15, 0.2) is 0 Å². The van der Waals surface area contributed by atoms with Crippen molar-refractivity contribution in [1.29, 1.82) is 10.5 Å². The third-order valence-electron chi connectivity index (χ3n) is 2.65. The number of allylic oxidation sites excluding steroid dienone is 1. The molecule has 0 radical (unpaired) electrons. The largest absolute Gasteiger partial charge is 0.508 e. The molecule has 3 heteroatoms. The molecule has 2 aromatic carbocycles. The van der Waals surface area contributed by atoms with Gasteiger partial charge in [0.05, 0.1) is 23.3 Å². The lowest BCUT2D eigenvalue weighted by atomic mass is 10.0. The zero-order valence-electron chi connectivity index (χ0n) is 10.0. The van der Waals surface area contributed by atoms with Crippen molar-refractivity contribution in [2.24, 2.45) is 0 Å². The van der Waals surface area contributed by atoms with Crippen LogP contribution in [0.4, 0.5) is 0 Å². The zero-order valence-corrected chi connectivity index (χ0v) is 10.0. The molecule has 0 aliphatic carbocycles. The molecule has 0 aromatic heterocycles. The molecule has 0 saturated heterocycles. The maximum atomic E-state index is 9.21. The van der Waals surface area contributed by atoms with E-state index in [0.717, 1.165) is 11.1 Å². The highest BCUT2D eigenvalue weighted by molar-refractivity contribution is 5.89. The number of hydrogen-bond acceptors (Lipinski definition) is 3. The van der Waals surface area contributed by atoms with Crippen molar-refractivity contribution in [3.05, 3.63) is 65.2 Å². The number of rotatable bonds is 2. The molecule has 0 heterocycles. The molecule has 0 bridgehead atoms. The van der Waals surface area contributed by atoms with Crippen molar-refractivity contribution in [2.45, 2.75) is 0 Å². The van der Waals surface area contributed by atoms with E-state index in [2.05, 4.69) is 6.07 Å². The molecule has 0 atom stereocenters. The Bertz CT molecular complexity index is 684. The van der Waals surface area contributed by atoms with E-state index in [0.29, 0.717) is 11.1 Å². The van der Waals surface area contributed by atoms with E-state index in [1.807, 2.05) is 6.07 Å². The zero-order chi connectivity index (χ0) is 13.7. The summed E-state index contributed by atoms with van der Waals surface area (Å²) in [5.41, 5.74) is 2.66. The first-order chi connectivity index (χ1) is 9.22. The van der Waals surface area contributed by atoms with Crippen molar-refractivity contribution in [3.63, 3.8) is 0 Å². The number of nitriles is 2. The Hall–Kier alpha value is -3.04. The van der Waals surface area contributed by atoms with Crippen LogP contribution in [0, 0.1) is 22.7 Å². The standard InChI is InChI=1S/C16H10N2O/c17-10-13-1-5-14(6-2-13)15(11-18)9-12-3-7-16(19)8-4-12/h1-9,19H/b15-9-. The summed E-state index contributed by atoms with van der Waals surface area (Å²) in [6.45, 7) is 0. The lowest BCUT2D eigenvalue weighted by molar-refractivity contribution is 0.475. The Morgan fingerprint density at radius 2 is 1.58 bits per heavy atom. The van der Waals surface area contributed by atoms with Crippen LogP contribution in [-0.2, 0) is 0 Å². The second-order valence-corrected chi connectivity index (χ2v) is 3.95. The topological polar surface area (TPSA) is 67.8 Å². The van der Waals surface area contributed by atoms with Gasteiger partial charge in [-0.3, -0.25) is 0 Å². The summed E-state index contributed by atoms with van der Waals surface area (Å²) in [7, 11) is 0. The van der Waals surface area contributed by atoms with Gasteiger partial charge < -0.3 is 5.11 Å². The third kappa shape index (κ3) is 3.00. The smallest absolute Gasteiger partial charge is 0.115 e. The predicted molar refractivity (Wildman–Crippen MR) is 72.7 cm³/mol. The summed E-state index contributed by atoms with van der Waals surface area (Å²) in [6.07, 6.45) is 1.74. The molecular weight excluding hydrogens is 236 g/mol. The maximum absolute atomic E-state index is 9.21. The van der Waals surface area contributed by atoms with Crippen molar-refractivity contribution in [3.8, 4) is 17.9 Å². The van der Waals surface area contributed by atoms with E-state index in [-0.39, 0.29) is 5.75 Å². The van der Waals surface area contributed by atoms with Gasteiger partial charge in [-0.05, 0) is 41.5 Å². The van der Waals surface area contributed by atoms with Gasteiger partial charge in [0.1, 0.15) is 5.75 Å². The SMILES string of the molecule is N#C/C(=C/c1ccc(O)cc1)c1ccc(C#N)cc1. The number of phenolic OH excluding ortho intramolecular Hbond substituents is 1. The molecular formula is C16H10N2O. The molecule has 0 unspecified atom stereocenters. The maximum Gasteiger partial charge on any atom is 0.115 e. The molecule has 0 saturated carbocycles. The highest BCUT2D eigenvalue weighted by Gasteiger charge is 2.01. The van der Waals surface area contributed by atoms with Crippen LogP contribution in [0.15, 0.2) is 48.5 Å². The minimum Gasteiger partial charge on any atom is -0.508 e. The summed E-state index contributed by atoms with van der Waals surface area (Å²) in [4.78, 5) is 0. The fourth-order valence-electron chi connectivity index (χ4n) is 1.64. The van der Waals surface area contributed by atoms with Crippen molar-refractivity contribution >= 4 is 11.6 Å². The summed E-state index contributed by atoms with van der Waals surface area (Å²) >= 11 is 0. The van der Waals surface area contributed by atoms with Crippen molar-refractivity contribution in [1.82, 2.24) is 0 Å². The summed E-state index contributed by atoms with van der Waals surface area (Å²) in [6, 6.07) is 17.6. The van der Waals surface area contributed by atoms with Gasteiger partial charge in [0, 0.05) is 0 Å². The Morgan fingerprint density at radius 3 is 2.11 bits per heavy atom. The summed E-state index contributed by atoms with van der Waals surface area (Å²) < 4.78 is 0. The van der Waals surface area contributed by atoms with Crippen LogP contribution in [0.25, 0.3) is 11.6 Å². The van der Waals surface area contributed by atoms with Crippen LogP contribution in [0.1, 0.15) is 16.7 Å². The average Bonchev–Trinajstić information content (AvgIpc) is 2.47. The van der Waals surface area contributed by atoms with E-state index in [1.54, 1.807) is 54.6 Å². The monoisotopic (exact) mass is 246 g/mol. The Balaban J connectivity index is 2.36. The highest BCUT2D eigenvalue weighted by Crippen LogP contribution is 2.19. The van der Waals surface area contributed by atoms with E-state index < -0.39 is 0 Å². The molecule has 2 aromatic rings. The quantitative estimate of drug-likeness (QED) is 0.652. The normalized spacial score (nSPS) is 10.5. The van der Waals surface area contributed by atoms with Crippen molar-refractivity contribution < 1.29 is 5.11 Å². The van der Waals surface area contributed by atoms with Gasteiger partial charge in [-0.1, -0.05) is 24.3 Å². The lowest BCUT2D eigenvalue weighted by Crippen LogP contribution is -1.83. The van der Waals surface area contributed by atoms with Crippen LogP contribution in [-0.4, -0.2) is 5.11 Å². The Morgan fingerprint density at radius 1 is 0.947 bits per heavy atom. The first kappa shape index (κ1) is 12.4. The predicted octanol–water partition coefficient (Wildman–Crippen LogP) is 3.33. The minimum atomic E-state index is 0.189. The first-order valence-electron chi connectivity index (χ1n) is 5.64. The van der Waals surface area contributed by atoms with E-state index in [1.165, 1.54) is 0 Å². The van der Waals surface area contributed by atoms with Crippen LogP contribution in [0.3, 0.4) is 0 Å². The number of benzene rings is 2. The second kappa shape index (κ2) is 5.53. The van der Waals surface area contributed by atoms with Gasteiger partial charge in [-0.15, -0.1) is 0 Å². The summed E-state index contributed by atoms with van der Waals surface area (Å²) in [5, 5.41) is 27.1. The second-order valence-electron chi connectivity index (χ2n) is 3.95. The third-order valence-corrected chi connectivity index (χ3v) is 2.65. The molecule has 3 nitrogen and oxygen atoms in total. The first-order valence-corrected chi connectivity index (χ1v) is 5.64. The molecule has 0 aliphatic heterocycles. The molecule has 0 aliphatic rings. The summed E-state index contributed by atoms with van der Waals surface area (Å²) in [5.74, 6) is 0.189. The van der Waals surface area contributed by atoms with Crippen LogP contribution in [0.5, 0.6) is 5.75 Å². The van der Waals surface area contributed by atoms with Gasteiger partial charge in [-0.2, -0.15) is 10.5 Å². The molecule has 1 N–H and O–H groups in total. The molecule has 0 amide bonds. The average molecular weight is 246 g/mol. The number of nitrogens with zero attached hydrogens (tertiary/aromatic N) is 2. The Kier molecular flexibility index (Phi) is 3.61. The fourth-order valence-corrected chi connectivity index (χ4v) is 1.64. The lowest BCUT2D eigenvalue weighted by Gasteiger charge is -2.00.